The predicted molar refractivity (Wildman–Crippen MR) is 71.9 cm³/mol. The molecule has 1 unspecified atom stereocenters. The number of fused-ring (bicyclic) bond motifs is 1. The van der Waals surface area contributed by atoms with E-state index in [1.54, 1.807) is 16.8 Å². The Balaban J connectivity index is 1.86. The minimum atomic E-state index is -2.36. The van der Waals surface area contributed by atoms with Crippen molar-refractivity contribution in [1.29, 1.82) is 0 Å². The highest BCUT2D eigenvalue weighted by Crippen LogP contribution is 2.27. The molecule has 21 heavy (non-hydrogen) atoms. The average molecular weight is 291 g/mol. The van der Waals surface area contributed by atoms with Gasteiger partial charge < -0.3 is 14.4 Å². The Morgan fingerprint density at radius 3 is 2.90 bits per heavy atom. The van der Waals surface area contributed by atoms with Gasteiger partial charge in [0.2, 0.25) is 5.67 Å². The molecule has 1 amide bonds. The second-order valence-electron chi connectivity index (χ2n) is 5.34. The number of aliphatic carboxylic acids is 1. The van der Waals surface area contributed by atoms with Crippen molar-refractivity contribution >= 4 is 17.5 Å². The van der Waals surface area contributed by atoms with Gasteiger partial charge in [-0.25, -0.2) is 14.2 Å². The van der Waals surface area contributed by atoms with Crippen LogP contribution in [0.25, 0.3) is 5.65 Å². The first-order valence-corrected chi connectivity index (χ1v) is 6.56. The number of hydrogen-bond acceptors (Lipinski definition) is 3. The maximum Gasteiger partial charge on any atom is 0.343 e. The number of amides is 1. The number of aromatic nitrogens is 2. The third kappa shape index (κ3) is 2.24. The van der Waals surface area contributed by atoms with Gasteiger partial charge in [-0.05, 0) is 24.6 Å². The number of likely N-dealkylation sites (tertiary alicyclic amines) is 1. The topological polar surface area (TPSA) is 74.9 Å². The molecule has 2 aromatic heterocycles. The van der Waals surface area contributed by atoms with Crippen LogP contribution in [0.4, 0.5) is 4.39 Å². The summed E-state index contributed by atoms with van der Waals surface area (Å²) in [5, 5.41) is 8.85. The van der Waals surface area contributed by atoms with E-state index < -0.39 is 24.1 Å². The molecule has 0 spiro atoms. The van der Waals surface area contributed by atoms with Crippen LogP contribution in [-0.4, -0.2) is 50.0 Å². The molecule has 110 valence electrons. The molecule has 0 bridgehead atoms. The second-order valence-corrected chi connectivity index (χ2v) is 5.34. The maximum absolute atomic E-state index is 14.0. The maximum atomic E-state index is 14.0. The zero-order valence-electron chi connectivity index (χ0n) is 11.4. The minimum Gasteiger partial charge on any atom is -0.479 e. The third-order valence-corrected chi connectivity index (χ3v) is 3.72. The van der Waals surface area contributed by atoms with Crippen LogP contribution in [0.3, 0.4) is 0 Å². The summed E-state index contributed by atoms with van der Waals surface area (Å²) in [6.45, 7) is 1.56. The summed E-state index contributed by atoms with van der Waals surface area (Å²) in [5.74, 6) is -1.97. The number of nitrogens with zero attached hydrogens (tertiary/aromatic N) is 3. The van der Waals surface area contributed by atoms with Crippen LogP contribution in [0, 0.1) is 6.92 Å². The molecule has 1 aliphatic heterocycles. The number of hydrogen-bond donors (Lipinski definition) is 1. The van der Waals surface area contributed by atoms with E-state index in [9.17, 15) is 14.0 Å². The molecule has 0 radical (unpaired) electrons. The van der Waals surface area contributed by atoms with Gasteiger partial charge in [0.05, 0.1) is 6.54 Å². The van der Waals surface area contributed by atoms with Crippen LogP contribution in [0.1, 0.15) is 22.5 Å². The van der Waals surface area contributed by atoms with E-state index >= 15 is 0 Å². The average Bonchev–Trinajstić information content (AvgIpc) is 3.02. The third-order valence-electron chi connectivity index (χ3n) is 3.72. The first-order valence-electron chi connectivity index (χ1n) is 6.56. The second kappa shape index (κ2) is 4.54. The monoisotopic (exact) mass is 291 g/mol. The quantitative estimate of drug-likeness (QED) is 0.904. The summed E-state index contributed by atoms with van der Waals surface area (Å²) in [7, 11) is 0. The predicted octanol–water partition coefficient (Wildman–Crippen LogP) is 1.28. The van der Waals surface area contributed by atoms with Gasteiger partial charge in [-0.2, -0.15) is 0 Å². The summed E-state index contributed by atoms with van der Waals surface area (Å²) in [5.41, 5.74) is -0.523. The Labute approximate surface area is 119 Å². The van der Waals surface area contributed by atoms with Gasteiger partial charge in [0, 0.05) is 25.4 Å². The Kier molecular flexibility index (Phi) is 2.93. The van der Waals surface area contributed by atoms with E-state index in [1.807, 2.05) is 19.1 Å². The largest absolute Gasteiger partial charge is 0.479 e. The first kappa shape index (κ1) is 13.5. The summed E-state index contributed by atoms with van der Waals surface area (Å²) in [6.07, 6.45) is 3.16. The molecule has 0 aliphatic carbocycles. The van der Waals surface area contributed by atoms with Crippen LogP contribution < -0.4 is 0 Å². The standard InChI is InChI=1S/C14H14FN3O3/c1-9-2-4-17-7-10(16-11(17)6-9)12(19)18-5-3-14(15,8-18)13(20)21/h2,4,6-7H,3,5,8H2,1H3,(H,20,21). The van der Waals surface area contributed by atoms with Gasteiger partial charge in [0.15, 0.2) is 0 Å². The number of carbonyl (C=O) groups is 2. The highest BCUT2D eigenvalue weighted by molar-refractivity contribution is 5.94. The number of halogens is 1. The molecule has 1 aliphatic rings. The number of carboxylic acids is 1. The zero-order chi connectivity index (χ0) is 15.2. The molecule has 7 heteroatoms. The van der Waals surface area contributed by atoms with E-state index in [1.165, 1.54) is 4.90 Å². The molecular formula is C14H14FN3O3. The van der Waals surface area contributed by atoms with Gasteiger partial charge in [-0.15, -0.1) is 0 Å². The van der Waals surface area contributed by atoms with Crippen LogP contribution in [0.2, 0.25) is 0 Å². The summed E-state index contributed by atoms with van der Waals surface area (Å²) in [6, 6.07) is 3.72. The van der Waals surface area contributed by atoms with E-state index in [2.05, 4.69) is 4.98 Å². The van der Waals surface area contributed by atoms with Gasteiger partial charge in [-0.1, -0.05) is 0 Å². The van der Waals surface area contributed by atoms with Gasteiger partial charge in [0.1, 0.15) is 11.3 Å². The summed E-state index contributed by atoms with van der Waals surface area (Å²) in [4.78, 5) is 28.6. The molecule has 6 nitrogen and oxygen atoms in total. The lowest BCUT2D eigenvalue weighted by atomic mass is 10.1. The minimum absolute atomic E-state index is 0.0779. The SMILES string of the molecule is Cc1ccn2cc(C(=O)N3CCC(F)(C(=O)O)C3)nc2c1. The van der Waals surface area contributed by atoms with Gasteiger partial charge in [0.25, 0.3) is 5.91 Å². The molecule has 3 rings (SSSR count). The summed E-state index contributed by atoms with van der Waals surface area (Å²) < 4.78 is 15.7. The number of carbonyl (C=O) groups excluding carboxylic acids is 1. The number of carboxylic acid groups (broad SMARTS) is 1. The fourth-order valence-corrected chi connectivity index (χ4v) is 2.47. The Morgan fingerprint density at radius 1 is 1.48 bits per heavy atom. The van der Waals surface area contributed by atoms with Gasteiger partial charge in [-0.3, -0.25) is 4.79 Å². The number of imidazole rings is 1. The number of rotatable bonds is 2. The molecule has 2 aromatic rings. The van der Waals surface area contributed by atoms with Crippen molar-refractivity contribution in [2.45, 2.75) is 19.0 Å². The molecule has 3 heterocycles. The fraction of sp³-hybridized carbons (Fsp3) is 0.357. The number of alkyl halides is 1. The van der Waals surface area contributed by atoms with Crippen LogP contribution in [0.5, 0.6) is 0 Å². The van der Waals surface area contributed by atoms with Crippen molar-refractivity contribution in [2.75, 3.05) is 13.1 Å². The molecule has 0 aromatic carbocycles. The number of pyridine rings is 1. The highest BCUT2D eigenvalue weighted by atomic mass is 19.1. The van der Waals surface area contributed by atoms with Crippen LogP contribution in [0.15, 0.2) is 24.5 Å². The lowest BCUT2D eigenvalue weighted by Gasteiger charge is -2.16. The highest BCUT2D eigenvalue weighted by Gasteiger charge is 2.47. The smallest absolute Gasteiger partial charge is 0.343 e. The zero-order valence-corrected chi connectivity index (χ0v) is 11.4. The molecular weight excluding hydrogens is 277 g/mol. The van der Waals surface area contributed by atoms with E-state index in [0.29, 0.717) is 5.65 Å². The molecule has 0 saturated carbocycles. The lowest BCUT2D eigenvalue weighted by Crippen LogP contribution is -2.39. The van der Waals surface area contributed by atoms with Crippen molar-refractivity contribution in [2.24, 2.45) is 0 Å². The van der Waals surface area contributed by atoms with Crippen molar-refractivity contribution in [1.82, 2.24) is 14.3 Å². The van der Waals surface area contributed by atoms with E-state index in [4.69, 9.17) is 5.11 Å². The Morgan fingerprint density at radius 2 is 2.24 bits per heavy atom. The van der Waals surface area contributed by atoms with Crippen LogP contribution in [-0.2, 0) is 4.79 Å². The van der Waals surface area contributed by atoms with Crippen molar-refractivity contribution in [3.63, 3.8) is 0 Å². The first-order chi connectivity index (χ1) is 9.89. The van der Waals surface area contributed by atoms with Crippen molar-refractivity contribution < 1.29 is 19.1 Å². The Hall–Kier alpha value is -2.44. The van der Waals surface area contributed by atoms with E-state index in [-0.39, 0.29) is 18.7 Å². The summed E-state index contributed by atoms with van der Waals surface area (Å²) >= 11 is 0. The van der Waals surface area contributed by atoms with Gasteiger partial charge >= 0.3 is 5.97 Å². The van der Waals surface area contributed by atoms with E-state index in [0.717, 1.165) is 5.56 Å². The fourth-order valence-electron chi connectivity index (χ4n) is 2.47. The lowest BCUT2D eigenvalue weighted by molar-refractivity contribution is -0.149. The molecule has 1 N–H and O–H groups in total. The van der Waals surface area contributed by atoms with Crippen molar-refractivity contribution in [3.8, 4) is 0 Å². The molecule has 1 fully saturated rings. The Bertz CT molecular complexity index is 742. The van der Waals surface area contributed by atoms with Crippen LogP contribution >= 0.6 is 0 Å². The normalized spacial score (nSPS) is 21.9. The molecule has 1 saturated heterocycles. The van der Waals surface area contributed by atoms with Crippen molar-refractivity contribution in [3.05, 3.63) is 35.8 Å². The molecule has 1 atom stereocenters. The number of aryl methyl sites for hydroxylation is 1.